The number of ether oxygens (including phenoxy) is 1. The van der Waals surface area contributed by atoms with Gasteiger partial charge < -0.3 is 9.14 Å². The van der Waals surface area contributed by atoms with Gasteiger partial charge in [0.15, 0.2) is 17.1 Å². The topological polar surface area (TPSA) is 57.2 Å². The van der Waals surface area contributed by atoms with Gasteiger partial charge in [-0.05, 0) is 50.1 Å². The first kappa shape index (κ1) is 20.2. The van der Waals surface area contributed by atoms with E-state index >= 15 is 0 Å². The lowest BCUT2D eigenvalue weighted by molar-refractivity contribution is 0.209. The summed E-state index contributed by atoms with van der Waals surface area (Å²) in [5.41, 5.74) is 4.29. The standard InChI is InChI=1S/C23H25N5OS/c1-5-12-28-22(18(4)29-20-10-8-9-16(2)17(20)3)25-26-23(28)30-15-19-14-27-13-7-6-11-21(27)24-19/h5-11,13-14,18H,1,12,15H2,2-4H3. The molecule has 0 aliphatic carbocycles. The predicted octanol–water partition coefficient (Wildman–Crippen LogP) is 5.16. The maximum atomic E-state index is 6.23. The number of pyridine rings is 1. The Morgan fingerprint density at radius 1 is 1.17 bits per heavy atom. The van der Waals surface area contributed by atoms with Gasteiger partial charge in [0, 0.05) is 24.7 Å². The lowest BCUT2D eigenvalue weighted by atomic mass is 10.1. The number of hydrogen-bond acceptors (Lipinski definition) is 5. The molecule has 7 heteroatoms. The SMILES string of the molecule is C=CCn1c(SCc2cn3ccccc3n2)nnc1C(C)Oc1cccc(C)c1C. The third-order valence-electron chi connectivity index (χ3n) is 5.04. The van der Waals surface area contributed by atoms with Gasteiger partial charge in [-0.25, -0.2) is 4.98 Å². The normalized spacial score (nSPS) is 12.2. The molecule has 0 aliphatic heterocycles. The summed E-state index contributed by atoms with van der Waals surface area (Å²) in [7, 11) is 0. The van der Waals surface area contributed by atoms with Crippen molar-refractivity contribution >= 4 is 17.4 Å². The highest BCUT2D eigenvalue weighted by atomic mass is 32.2. The lowest BCUT2D eigenvalue weighted by Crippen LogP contribution is -2.12. The number of fused-ring (bicyclic) bond motifs is 1. The molecule has 0 fully saturated rings. The van der Waals surface area contributed by atoms with Crippen molar-refractivity contribution < 1.29 is 4.74 Å². The Bertz CT molecular complexity index is 1150. The number of rotatable bonds is 8. The van der Waals surface area contributed by atoms with E-state index in [2.05, 4.69) is 46.2 Å². The zero-order chi connectivity index (χ0) is 21.1. The first-order chi connectivity index (χ1) is 14.6. The second kappa shape index (κ2) is 8.75. The van der Waals surface area contributed by atoms with Crippen molar-refractivity contribution in [2.45, 2.75) is 44.3 Å². The Morgan fingerprint density at radius 3 is 2.83 bits per heavy atom. The first-order valence-corrected chi connectivity index (χ1v) is 10.9. The summed E-state index contributed by atoms with van der Waals surface area (Å²) in [6.07, 6.45) is 5.67. The lowest BCUT2D eigenvalue weighted by Gasteiger charge is -2.17. The van der Waals surface area contributed by atoms with E-state index in [-0.39, 0.29) is 6.10 Å². The van der Waals surface area contributed by atoms with Gasteiger partial charge in [0.1, 0.15) is 11.4 Å². The van der Waals surface area contributed by atoms with Gasteiger partial charge >= 0.3 is 0 Å². The van der Waals surface area contributed by atoms with E-state index in [1.807, 2.05) is 60.1 Å². The number of allylic oxidation sites excluding steroid dienone is 1. The van der Waals surface area contributed by atoms with Crippen molar-refractivity contribution in [3.05, 3.63) is 84.1 Å². The average Bonchev–Trinajstić information content (AvgIpc) is 3.33. The van der Waals surface area contributed by atoms with Gasteiger partial charge in [0.2, 0.25) is 0 Å². The van der Waals surface area contributed by atoms with Crippen LogP contribution in [0.3, 0.4) is 0 Å². The van der Waals surface area contributed by atoms with Crippen molar-refractivity contribution in [2.24, 2.45) is 0 Å². The van der Waals surface area contributed by atoms with Crippen LogP contribution in [0.4, 0.5) is 0 Å². The van der Waals surface area contributed by atoms with Crippen LogP contribution in [0, 0.1) is 13.8 Å². The third-order valence-corrected chi connectivity index (χ3v) is 6.04. The minimum absolute atomic E-state index is 0.234. The molecule has 3 aromatic heterocycles. The van der Waals surface area contributed by atoms with Crippen molar-refractivity contribution in [2.75, 3.05) is 0 Å². The van der Waals surface area contributed by atoms with Gasteiger partial charge in [-0.15, -0.1) is 16.8 Å². The zero-order valence-electron chi connectivity index (χ0n) is 17.4. The van der Waals surface area contributed by atoms with Crippen molar-refractivity contribution in [3.8, 4) is 5.75 Å². The molecule has 1 unspecified atom stereocenters. The fourth-order valence-corrected chi connectivity index (χ4v) is 4.14. The van der Waals surface area contributed by atoms with Crippen LogP contribution in [-0.4, -0.2) is 24.1 Å². The Balaban J connectivity index is 1.53. The maximum absolute atomic E-state index is 6.23. The molecule has 0 N–H and O–H groups in total. The van der Waals surface area contributed by atoms with Crippen LogP contribution in [0.5, 0.6) is 5.75 Å². The molecule has 3 heterocycles. The Kier molecular flexibility index (Phi) is 5.90. The number of nitrogens with zero attached hydrogens (tertiary/aromatic N) is 5. The van der Waals surface area contributed by atoms with Gasteiger partial charge in [0.05, 0.1) is 5.69 Å². The van der Waals surface area contributed by atoms with Crippen LogP contribution >= 0.6 is 11.8 Å². The summed E-state index contributed by atoms with van der Waals surface area (Å²) in [6.45, 7) is 10.7. The fraction of sp³-hybridized carbons (Fsp3) is 0.261. The molecule has 0 saturated carbocycles. The van der Waals surface area contributed by atoms with Gasteiger partial charge in [-0.2, -0.15) is 0 Å². The Hall–Kier alpha value is -3.06. The molecule has 1 aromatic carbocycles. The van der Waals surface area contributed by atoms with Crippen LogP contribution in [0.15, 0.2) is 66.6 Å². The second-order valence-corrected chi connectivity index (χ2v) is 8.13. The summed E-state index contributed by atoms with van der Waals surface area (Å²) in [6, 6.07) is 12.1. The maximum Gasteiger partial charge on any atom is 0.192 e. The van der Waals surface area contributed by atoms with Gasteiger partial charge in [-0.1, -0.05) is 36.0 Å². The summed E-state index contributed by atoms with van der Waals surface area (Å²) < 4.78 is 10.3. The van der Waals surface area contributed by atoms with Gasteiger partial charge in [0.25, 0.3) is 0 Å². The molecule has 154 valence electrons. The van der Waals surface area contributed by atoms with E-state index in [4.69, 9.17) is 4.74 Å². The molecule has 0 bridgehead atoms. The van der Waals surface area contributed by atoms with Crippen molar-refractivity contribution in [3.63, 3.8) is 0 Å². The molecule has 0 aliphatic rings. The molecule has 0 amide bonds. The van der Waals surface area contributed by atoms with Crippen LogP contribution in [-0.2, 0) is 12.3 Å². The van der Waals surface area contributed by atoms with E-state index in [1.165, 1.54) is 5.56 Å². The van der Waals surface area contributed by atoms with Gasteiger partial charge in [-0.3, -0.25) is 4.57 Å². The van der Waals surface area contributed by atoms with E-state index in [9.17, 15) is 0 Å². The molecule has 30 heavy (non-hydrogen) atoms. The molecular formula is C23H25N5OS. The van der Waals surface area contributed by atoms with Crippen LogP contribution in [0.25, 0.3) is 5.65 Å². The first-order valence-electron chi connectivity index (χ1n) is 9.89. The second-order valence-electron chi connectivity index (χ2n) is 7.19. The molecular weight excluding hydrogens is 394 g/mol. The minimum Gasteiger partial charge on any atom is -0.482 e. The molecule has 1 atom stereocenters. The quantitative estimate of drug-likeness (QED) is 0.292. The minimum atomic E-state index is -0.234. The molecule has 4 aromatic rings. The number of imidazole rings is 1. The van der Waals surface area contributed by atoms with E-state index in [1.54, 1.807) is 11.8 Å². The summed E-state index contributed by atoms with van der Waals surface area (Å²) in [5.74, 6) is 2.37. The highest BCUT2D eigenvalue weighted by Crippen LogP contribution is 2.29. The highest BCUT2D eigenvalue weighted by molar-refractivity contribution is 7.98. The summed E-state index contributed by atoms with van der Waals surface area (Å²) in [5, 5.41) is 9.68. The zero-order valence-corrected chi connectivity index (χ0v) is 18.3. The molecule has 0 radical (unpaired) electrons. The van der Waals surface area contributed by atoms with Crippen molar-refractivity contribution in [1.29, 1.82) is 0 Å². The van der Waals surface area contributed by atoms with E-state index in [0.717, 1.165) is 33.6 Å². The number of hydrogen-bond donors (Lipinski definition) is 0. The van der Waals surface area contributed by atoms with E-state index in [0.29, 0.717) is 12.3 Å². The summed E-state index contributed by atoms with van der Waals surface area (Å²) in [4.78, 5) is 4.66. The van der Waals surface area contributed by atoms with E-state index < -0.39 is 0 Å². The predicted molar refractivity (Wildman–Crippen MR) is 120 cm³/mol. The fourth-order valence-electron chi connectivity index (χ4n) is 3.30. The highest BCUT2D eigenvalue weighted by Gasteiger charge is 2.20. The molecule has 4 rings (SSSR count). The average molecular weight is 420 g/mol. The third kappa shape index (κ3) is 4.11. The summed E-state index contributed by atoms with van der Waals surface area (Å²) >= 11 is 1.62. The molecule has 0 spiro atoms. The molecule has 0 saturated heterocycles. The van der Waals surface area contributed by atoms with Crippen LogP contribution in [0.1, 0.15) is 35.7 Å². The largest absolute Gasteiger partial charge is 0.482 e. The Morgan fingerprint density at radius 2 is 2.03 bits per heavy atom. The number of thioether (sulfide) groups is 1. The van der Waals surface area contributed by atoms with Crippen LogP contribution < -0.4 is 4.74 Å². The monoisotopic (exact) mass is 419 g/mol. The smallest absolute Gasteiger partial charge is 0.192 e. The number of benzene rings is 1. The van der Waals surface area contributed by atoms with Crippen molar-refractivity contribution in [1.82, 2.24) is 24.1 Å². The van der Waals surface area contributed by atoms with Crippen LogP contribution in [0.2, 0.25) is 0 Å². The number of aryl methyl sites for hydroxylation is 1. The Labute approximate surface area is 180 Å². The molecule has 6 nitrogen and oxygen atoms in total. The number of aromatic nitrogens is 5.